The number of nitrogens with one attached hydrogen (secondary N) is 1. The van der Waals surface area contributed by atoms with Crippen molar-refractivity contribution in [2.45, 2.75) is 101 Å². The number of hydrogen-bond donors (Lipinski definition) is 2. The minimum absolute atomic E-state index is 0.0261. The molecule has 78 heavy (non-hydrogen) atoms. The molecule has 0 atom stereocenters. The van der Waals surface area contributed by atoms with Gasteiger partial charge >= 0.3 is 23.9 Å². The quantitative estimate of drug-likeness (QED) is 0.0338. The second kappa shape index (κ2) is 30.1. The largest absolute Gasteiger partial charge is 0.506 e. The third-order valence-electron chi connectivity index (χ3n) is 12.0. The van der Waals surface area contributed by atoms with Crippen LogP contribution in [0, 0.1) is 6.92 Å². The van der Waals surface area contributed by atoms with E-state index in [9.17, 15) is 29.1 Å². The smallest absolute Gasteiger partial charge is 0.343 e. The maximum absolute atomic E-state index is 14.1. The molecule has 18 heteroatoms. The minimum atomic E-state index is -1.15. The molecule has 4 aromatic carbocycles. The Kier molecular flexibility index (Phi) is 23.9. The van der Waals surface area contributed by atoms with E-state index in [1.165, 1.54) is 44.4 Å². The van der Waals surface area contributed by atoms with Gasteiger partial charge in [0, 0.05) is 55.1 Å². The number of anilines is 1. The monoisotopic (exact) mass is 1140 g/mol. The summed E-state index contributed by atoms with van der Waals surface area (Å²) in [5.41, 5.74) is 9.89. The average Bonchev–Trinajstić information content (AvgIpc) is 4.11. The molecular weight excluding hydrogens is 1070 g/mol. The van der Waals surface area contributed by atoms with Crippen LogP contribution in [0.5, 0.6) is 5.75 Å². The number of aromatic nitrogens is 3. The third kappa shape index (κ3) is 15.6. The van der Waals surface area contributed by atoms with E-state index in [2.05, 4.69) is 47.3 Å². The fourth-order valence-corrected chi connectivity index (χ4v) is 10.3. The molecule has 7 aromatic rings. The number of aromatic hydroxyl groups is 1. The molecule has 0 spiro atoms. The molecule has 0 radical (unpaired) electrons. The van der Waals surface area contributed by atoms with E-state index in [0.29, 0.717) is 56.6 Å². The number of benzene rings is 4. The number of rotatable bonds is 19. The zero-order valence-corrected chi connectivity index (χ0v) is 48.7. The van der Waals surface area contributed by atoms with E-state index in [1.807, 2.05) is 68.6 Å². The maximum atomic E-state index is 14.1. The third-order valence-corrected chi connectivity index (χ3v) is 14.3. The van der Waals surface area contributed by atoms with Crippen LogP contribution in [0.2, 0.25) is 10.0 Å². The summed E-state index contributed by atoms with van der Waals surface area (Å²) in [4.78, 5) is 71.7. The van der Waals surface area contributed by atoms with Gasteiger partial charge in [0.1, 0.15) is 26.9 Å². The van der Waals surface area contributed by atoms with Crippen LogP contribution in [-0.2, 0) is 59.0 Å². The number of halogens is 2. The Morgan fingerprint density at radius 2 is 1.12 bits per heavy atom. The van der Waals surface area contributed by atoms with E-state index >= 15 is 0 Å². The van der Waals surface area contributed by atoms with E-state index in [1.54, 1.807) is 64.3 Å². The Bertz CT molecular complexity index is 3210. The van der Waals surface area contributed by atoms with Gasteiger partial charge in [-0.1, -0.05) is 112 Å². The Hall–Kier alpha value is -7.11. The van der Waals surface area contributed by atoms with Crippen LogP contribution in [0.1, 0.15) is 112 Å². The molecule has 0 aliphatic rings. The molecule has 0 fully saturated rings. The van der Waals surface area contributed by atoms with Gasteiger partial charge in [-0.05, 0) is 114 Å². The van der Waals surface area contributed by atoms with Crippen LogP contribution in [0.25, 0.3) is 38.8 Å². The van der Waals surface area contributed by atoms with Gasteiger partial charge in [0.05, 0.1) is 43.5 Å². The van der Waals surface area contributed by atoms with E-state index in [0.717, 1.165) is 52.2 Å². The van der Waals surface area contributed by atoms with Crippen molar-refractivity contribution in [2.75, 3.05) is 31.7 Å². The Morgan fingerprint density at radius 1 is 0.654 bits per heavy atom. The van der Waals surface area contributed by atoms with Crippen molar-refractivity contribution < 1.29 is 43.2 Å². The highest BCUT2D eigenvalue weighted by Crippen LogP contribution is 2.38. The van der Waals surface area contributed by atoms with Crippen LogP contribution in [-0.4, -0.2) is 69.9 Å². The number of allylic oxidation sites excluding steroid dienone is 1. The molecule has 3 heterocycles. The van der Waals surface area contributed by atoms with Crippen LogP contribution < -0.4 is 10.9 Å². The Labute approximate surface area is 474 Å². The van der Waals surface area contributed by atoms with Gasteiger partial charge in [-0.3, -0.25) is 19.0 Å². The second-order valence-corrected chi connectivity index (χ2v) is 19.7. The summed E-state index contributed by atoms with van der Waals surface area (Å²) in [7, 11) is 0. The lowest BCUT2D eigenvalue weighted by molar-refractivity contribution is -0.157. The highest BCUT2D eigenvalue weighted by atomic mass is 35.5. The number of esters is 4. The van der Waals surface area contributed by atoms with Crippen LogP contribution >= 0.6 is 45.9 Å². The first kappa shape index (κ1) is 61.7. The van der Waals surface area contributed by atoms with E-state index in [4.69, 9.17) is 42.1 Å². The summed E-state index contributed by atoms with van der Waals surface area (Å²) in [5, 5.41) is 20.1. The first-order chi connectivity index (χ1) is 37.5. The minimum Gasteiger partial charge on any atom is -0.506 e. The first-order valence-electron chi connectivity index (χ1n) is 25.8. The van der Waals surface area contributed by atoms with Crippen molar-refractivity contribution in [3.63, 3.8) is 0 Å². The zero-order valence-electron chi connectivity index (χ0n) is 45.6. The molecular formula is C60H66Cl2N4O10S2. The fraction of sp³-hybridized carbons (Fsp3) is 0.317. The molecule has 0 saturated carbocycles. The molecule has 0 amide bonds. The molecule has 0 unspecified atom stereocenters. The van der Waals surface area contributed by atoms with Gasteiger partial charge in [0.2, 0.25) is 5.92 Å². The lowest BCUT2D eigenvalue weighted by Gasteiger charge is -2.21. The van der Waals surface area contributed by atoms with Crippen LogP contribution in [0.3, 0.4) is 0 Å². The van der Waals surface area contributed by atoms with Gasteiger partial charge in [-0.2, -0.15) is 0 Å². The lowest BCUT2D eigenvalue weighted by atomic mass is 10.0. The summed E-state index contributed by atoms with van der Waals surface area (Å²) >= 11 is 14.3. The SMILES string of the molecule is CCOC(=O)/C=C(/C)Nc1c(CC)cccc1CC.CCOC(=O)C(C(=O)OCC)c1nc(-c2ccc(Cl)cc2)cs1.CCOC(=O)c1c(O)c(-c2nc(-c3ccc(Cl)cc3)cs2)c(=O)n(-c2c(CC)cccc2CC)c1C. The molecule has 412 valence electrons. The van der Waals surface area contributed by atoms with Crippen molar-refractivity contribution in [2.24, 2.45) is 0 Å². The summed E-state index contributed by atoms with van der Waals surface area (Å²) in [6, 6.07) is 26.6. The predicted molar refractivity (Wildman–Crippen MR) is 312 cm³/mol. The predicted octanol–water partition coefficient (Wildman–Crippen LogP) is 14.0. The Morgan fingerprint density at radius 3 is 1.59 bits per heavy atom. The number of aryl methyl sites for hydroxylation is 4. The van der Waals surface area contributed by atoms with E-state index in [-0.39, 0.29) is 36.9 Å². The Balaban J connectivity index is 0.000000231. The van der Waals surface area contributed by atoms with Crippen molar-refractivity contribution >= 4 is 75.4 Å². The lowest BCUT2D eigenvalue weighted by Crippen LogP contribution is -2.27. The number of nitrogens with zero attached hydrogens (tertiary/aromatic N) is 3. The van der Waals surface area contributed by atoms with Crippen molar-refractivity contribution in [1.29, 1.82) is 0 Å². The highest BCUT2D eigenvalue weighted by molar-refractivity contribution is 7.13. The summed E-state index contributed by atoms with van der Waals surface area (Å²) in [5.74, 6) is -3.87. The van der Waals surface area contributed by atoms with Gasteiger partial charge in [0.15, 0.2) is 0 Å². The number of thiazole rings is 2. The van der Waals surface area contributed by atoms with Crippen molar-refractivity contribution in [1.82, 2.24) is 14.5 Å². The van der Waals surface area contributed by atoms with Crippen LogP contribution in [0.15, 0.2) is 112 Å². The molecule has 0 aliphatic carbocycles. The van der Waals surface area contributed by atoms with Gasteiger partial charge in [0.25, 0.3) is 5.56 Å². The maximum Gasteiger partial charge on any atom is 0.343 e. The summed E-state index contributed by atoms with van der Waals surface area (Å²) in [6.45, 7) is 19.6. The molecule has 3 aromatic heterocycles. The molecule has 0 bridgehead atoms. The summed E-state index contributed by atoms with van der Waals surface area (Å²) in [6.07, 6.45) is 4.80. The fourth-order valence-electron chi connectivity index (χ4n) is 8.25. The molecule has 0 aliphatic heterocycles. The summed E-state index contributed by atoms with van der Waals surface area (Å²) < 4.78 is 21.6. The van der Waals surface area contributed by atoms with Crippen molar-refractivity contribution in [3.8, 4) is 44.5 Å². The number of carbonyl (C=O) groups is 4. The highest BCUT2D eigenvalue weighted by Gasteiger charge is 2.35. The topological polar surface area (TPSA) is 185 Å². The standard InChI is InChI=1S/C28H27ClN2O4S.C16H16ClNO4S.C16H23NO2/c1-5-17-9-8-10-18(6-2)24(17)31-16(4)22(28(34)35-7-3)25(32)23(27(31)33)26-30-21(15-36-26)19-11-13-20(29)14-12-19;1-3-21-15(19)13(16(20)22-4-2)14-18-12(9-23-14)10-5-7-11(17)8-6-10;1-5-13-9-8-10-14(6-2)16(13)17-12(4)11-15(18)19-7-3/h8-15,32H,5-7H2,1-4H3;5-9,13H,3-4H2,1-2H3;8-11,17H,5-7H2,1-4H3/b;;12-11-. The van der Waals surface area contributed by atoms with Gasteiger partial charge in [-0.25, -0.2) is 19.6 Å². The second-order valence-electron chi connectivity index (χ2n) is 17.1. The zero-order chi connectivity index (χ0) is 57.1. The number of ether oxygens (including phenoxy) is 4. The first-order valence-corrected chi connectivity index (χ1v) is 28.3. The molecule has 2 N–H and O–H groups in total. The molecule has 7 rings (SSSR count). The van der Waals surface area contributed by atoms with Gasteiger partial charge in [-0.15, -0.1) is 22.7 Å². The number of pyridine rings is 1. The normalized spacial score (nSPS) is 11.0. The number of hydrogen-bond acceptors (Lipinski definition) is 15. The van der Waals surface area contributed by atoms with Crippen molar-refractivity contribution in [3.05, 3.63) is 166 Å². The number of para-hydroxylation sites is 2. The average molecular weight is 1140 g/mol. The number of carbonyl (C=O) groups excluding carboxylic acids is 4. The molecule has 14 nitrogen and oxygen atoms in total. The van der Waals surface area contributed by atoms with E-state index < -0.39 is 35.1 Å². The van der Waals surface area contributed by atoms with Gasteiger partial charge < -0.3 is 29.4 Å². The van der Waals surface area contributed by atoms with Crippen LogP contribution in [0.4, 0.5) is 5.69 Å². The molecule has 0 saturated heterocycles.